The number of sulfone groups is 1. The zero-order valence-corrected chi connectivity index (χ0v) is 26.5. The van der Waals surface area contributed by atoms with Gasteiger partial charge in [-0.1, -0.05) is 60.3 Å². The van der Waals surface area contributed by atoms with Crippen molar-refractivity contribution >= 4 is 68.1 Å². The molecule has 0 spiro atoms. The molecular weight excluding hydrogens is 637 g/mol. The highest BCUT2D eigenvalue weighted by molar-refractivity contribution is 7.92. The lowest BCUT2D eigenvalue weighted by molar-refractivity contribution is -0.143. The van der Waals surface area contributed by atoms with Gasteiger partial charge in [-0.3, -0.25) is 19.2 Å². The fourth-order valence-corrected chi connectivity index (χ4v) is 8.24. The van der Waals surface area contributed by atoms with Gasteiger partial charge in [0.05, 0.1) is 26.6 Å². The number of carbonyl (C=O) groups is 4. The molecule has 2 saturated carbocycles. The van der Waals surface area contributed by atoms with Crippen LogP contribution in [0.25, 0.3) is 0 Å². The predicted molar refractivity (Wildman–Crippen MR) is 163 cm³/mol. The van der Waals surface area contributed by atoms with Gasteiger partial charge in [-0.25, -0.2) is 8.42 Å². The molecule has 1 heterocycles. The molecule has 43 heavy (non-hydrogen) atoms. The molecule has 1 unspecified atom stereocenters. The van der Waals surface area contributed by atoms with Crippen LogP contribution in [0, 0.1) is 0 Å². The number of benzene rings is 2. The van der Waals surface area contributed by atoms with Gasteiger partial charge >= 0.3 is 0 Å². The van der Waals surface area contributed by atoms with Gasteiger partial charge in [0, 0.05) is 22.6 Å². The Morgan fingerprint density at radius 1 is 1.00 bits per heavy atom. The number of hydrogen-bond acceptors (Lipinski definition) is 6. The first-order valence-corrected chi connectivity index (χ1v) is 17.0. The summed E-state index contributed by atoms with van der Waals surface area (Å²) < 4.78 is 27.6. The van der Waals surface area contributed by atoms with Crippen molar-refractivity contribution in [3.8, 4) is 0 Å². The number of hydrogen-bond donors (Lipinski definition) is 2. The van der Waals surface area contributed by atoms with E-state index in [1.165, 1.54) is 23.1 Å². The zero-order chi connectivity index (χ0) is 31.1. The van der Waals surface area contributed by atoms with E-state index in [1.807, 2.05) is 6.92 Å². The molecule has 230 valence electrons. The molecule has 2 N–H and O–H groups in total. The van der Waals surface area contributed by atoms with Crippen LogP contribution in [0.1, 0.15) is 57.4 Å². The Morgan fingerprint density at radius 3 is 2.23 bits per heavy atom. The van der Waals surface area contributed by atoms with E-state index in [2.05, 4.69) is 10.6 Å². The molecule has 13 heteroatoms. The summed E-state index contributed by atoms with van der Waals surface area (Å²) in [6, 6.07) is 8.59. The predicted octanol–water partition coefficient (Wildman–Crippen LogP) is 4.25. The standard InChI is InChI=1S/C30H32Cl3N3O6S/c1-2-3-23(26(37)28(39)34-20-9-10-20)35-27(38)24-15-21(43(41,42)25-11-8-19(32)14-22(25)33)16-36(24)29(40)30(12-13-30)17-4-6-18(31)7-5-17/h4-8,11,14,20-21,23-24H,2-3,9-10,12-13,15-16H2,1H3,(H,34,39)(H,35,38)/t21-,23?,24+/m1/s1. The second-order valence-corrected chi connectivity index (χ2v) is 15.0. The number of likely N-dealkylation sites (tertiary alicyclic amines) is 1. The Kier molecular flexibility index (Phi) is 9.14. The molecule has 2 aromatic carbocycles. The van der Waals surface area contributed by atoms with E-state index in [0.29, 0.717) is 24.3 Å². The average molecular weight is 669 g/mol. The SMILES string of the molecule is CCCC(NC(=O)[C@@H]1C[C@@H](S(=O)(=O)c2ccc(Cl)cc2Cl)CN1C(=O)C1(c2ccc(Cl)cc2)CC1)C(=O)C(=O)NC1CC1. The van der Waals surface area contributed by atoms with Crippen LogP contribution < -0.4 is 10.6 Å². The Hall–Kier alpha value is -2.66. The Bertz CT molecular complexity index is 1560. The van der Waals surface area contributed by atoms with E-state index in [4.69, 9.17) is 34.8 Å². The first-order chi connectivity index (χ1) is 20.4. The molecule has 0 bridgehead atoms. The van der Waals surface area contributed by atoms with Crippen molar-refractivity contribution in [1.29, 1.82) is 0 Å². The van der Waals surface area contributed by atoms with Crippen LogP contribution in [0.2, 0.25) is 15.1 Å². The minimum atomic E-state index is -4.10. The van der Waals surface area contributed by atoms with Crippen LogP contribution in [0.4, 0.5) is 0 Å². The van der Waals surface area contributed by atoms with E-state index in [0.717, 1.165) is 18.4 Å². The van der Waals surface area contributed by atoms with Crippen LogP contribution >= 0.6 is 34.8 Å². The number of Topliss-reactive ketones (excluding diaryl/α,β-unsaturated/α-hetero) is 1. The summed E-state index contributed by atoms with van der Waals surface area (Å²) >= 11 is 18.3. The molecule has 2 aromatic rings. The lowest BCUT2D eigenvalue weighted by atomic mass is 9.94. The van der Waals surface area contributed by atoms with Gasteiger partial charge in [0.15, 0.2) is 9.84 Å². The normalized spacial score (nSPS) is 21.6. The summed E-state index contributed by atoms with van der Waals surface area (Å²) in [4.78, 5) is 54.6. The molecule has 3 atom stereocenters. The molecule has 3 fully saturated rings. The van der Waals surface area contributed by atoms with Crippen molar-refractivity contribution in [3.05, 3.63) is 63.1 Å². The highest BCUT2D eigenvalue weighted by Crippen LogP contribution is 2.51. The maximum atomic E-state index is 14.2. The average Bonchev–Trinajstić information content (AvgIpc) is 3.89. The highest BCUT2D eigenvalue weighted by atomic mass is 35.5. The van der Waals surface area contributed by atoms with Crippen molar-refractivity contribution in [2.75, 3.05) is 6.54 Å². The van der Waals surface area contributed by atoms with Crippen molar-refractivity contribution in [3.63, 3.8) is 0 Å². The van der Waals surface area contributed by atoms with Crippen molar-refractivity contribution in [1.82, 2.24) is 15.5 Å². The number of rotatable bonds is 11. The Morgan fingerprint density at radius 2 is 1.65 bits per heavy atom. The van der Waals surface area contributed by atoms with Gasteiger partial charge in [0.1, 0.15) is 6.04 Å². The van der Waals surface area contributed by atoms with Crippen LogP contribution in [-0.2, 0) is 34.4 Å². The third kappa shape index (κ3) is 6.57. The maximum Gasteiger partial charge on any atom is 0.289 e. The fraction of sp³-hybridized carbons (Fsp3) is 0.467. The molecule has 0 aromatic heterocycles. The second kappa shape index (κ2) is 12.4. The lowest BCUT2D eigenvalue weighted by Crippen LogP contribution is -2.54. The van der Waals surface area contributed by atoms with Gasteiger partial charge < -0.3 is 15.5 Å². The number of halogens is 3. The Balaban J connectivity index is 1.44. The van der Waals surface area contributed by atoms with E-state index in [9.17, 15) is 27.6 Å². The second-order valence-electron chi connectivity index (χ2n) is 11.5. The first kappa shape index (κ1) is 31.8. The summed E-state index contributed by atoms with van der Waals surface area (Å²) in [7, 11) is -4.10. The van der Waals surface area contributed by atoms with Crippen molar-refractivity contribution < 1.29 is 27.6 Å². The third-order valence-electron chi connectivity index (χ3n) is 8.37. The molecule has 2 aliphatic carbocycles. The van der Waals surface area contributed by atoms with Gasteiger partial charge in [-0.05, 0) is 74.4 Å². The van der Waals surface area contributed by atoms with Gasteiger partial charge in [-0.15, -0.1) is 0 Å². The number of carbonyl (C=O) groups excluding carboxylic acids is 4. The molecule has 5 rings (SSSR count). The number of ketones is 1. The van der Waals surface area contributed by atoms with Crippen LogP contribution in [0.5, 0.6) is 0 Å². The topological polar surface area (TPSA) is 130 Å². The lowest BCUT2D eigenvalue weighted by Gasteiger charge is -2.29. The first-order valence-electron chi connectivity index (χ1n) is 14.3. The Labute approximate surface area is 265 Å². The van der Waals surface area contributed by atoms with Gasteiger partial charge in [-0.2, -0.15) is 0 Å². The molecule has 3 amide bonds. The number of nitrogens with zero attached hydrogens (tertiary/aromatic N) is 1. The molecular formula is C30H32Cl3N3O6S. The summed E-state index contributed by atoms with van der Waals surface area (Å²) in [6.07, 6.45) is 3.15. The molecule has 1 aliphatic heterocycles. The van der Waals surface area contributed by atoms with E-state index in [1.54, 1.807) is 24.3 Å². The van der Waals surface area contributed by atoms with Crippen molar-refractivity contribution in [2.24, 2.45) is 0 Å². The number of nitrogens with one attached hydrogen (secondary N) is 2. The molecule has 0 radical (unpaired) electrons. The highest BCUT2D eigenvalue weighted by Gasteiger charge is 2.57. The summed E-state index contributed by atoms with van der Waals surface area (Å²) in [5, 5.41) is 4.88. The largest absolute Gasteiger partial charge is 0.347 e. The van der Waals surface area contributed by atoms with E-state index >= 15 is 0 Å². The van der Waals surface area contributed by atoms with Gasteiger partial charge in [0.2, 0.25) is 17.6 Å². The monoisotopic (exact) mass is 667 g/mol. The fourth-order valence-electron chi connectivity index (χ4n) is 5.64. The van der Waals surface area contributed by atoms with Crippen molar-refractivity contribution in [2.45, 2.75) is 85.6 Å². The minimum absolute atomic E-state index is 0.0365. The van der Waals surface area contributed by atoms with Crippen LogP contribution in [-0.4, -0.2) is 66.7 Å². The molecule has 1 saturated heterocycles. The zero-order valence-electron chi connectivity index (χ0n) is 23.4. The summed E-state index contributed by atoms with van der Waals surface area (Å²) in [6.45, 7) is 1.57. The quantitative estimate of drug-likeness (QED) is 0.345. The number of amides is 3. The minimum Gasteiger partial charge on any atom is -0.347 e. The van der Waals surface area contributed by atoms with Crippen LogP contribution in [0.15, 0.2) is 47.4 Å². The smallest absolute Gasteiger partial charge is 0.289 e. The third-order valence-corrected chi connectivity index (χ3v) is 11.5. The maximum absolute atomic E-state index is 14.2. The van der Waals surface area contributed by atoms with Crippen LogP contribution in [0.3, 0.4) is 0 Å². The summed E-state index contributed by atoms with van der Waals surface area (Å²) in [5.41, 5.74) is -0.188. The van der Waals surface area contributed by atoms with E-state index < -0.39 is 50.2 Å². The van der Waals surface area contributed by atoms with Gasteiger partial charge in [0.25, 0.3) is 5.91 Å². The van der Waals surface area contributed by atoms with E-state index in [-0.39, 0.29) is 46.3 Å². The molecule has 3 aliphatic rings. The molecule has 9 nitrogen and oxygen atoms in total. The summed E-state index contributed by atoms with van der Waals surface area (Å²) in [5.74, 6) is -2.60.